The predicted octanol–water partition coefficient (Wildman–Crippen LogP) is 4.19. The van der Waals surface area contributed by atoms with Crippen molar-refractivity contribution < 1.29 is 13.2 Å². The Bertz CT molecular complexity index is 1170. The average Bonchev–Trinajstić information content (AvgIpc) is 2.62. The average molecular weight is 436 g/mol. The molecule has 0 bridgehead atoms. The summed E-state index contributed by atoms with van der Waals surface area (Å²) >= 11 is 12.8. The van der Waals surface area contributed by atoms with Gasteiger partial charge in [0.05, 0.1) is 28.2 Å². The number of nitrogens with one attached hydrogen (secondary N) is 1. The van der Waals surface area contributed by atoms with E-state index in [9.17, 15) is 13.2 Å². The molecule has 0 aliphatic rings. The van der Waals surface area contributed by atoms with E-state index in [0.717, 1.165) is 6.26 Å². The Morgan fingerprint density at radius 1 is 1.11 bits per heavy atom. The van der Waals surface area contributed by atoms with Gasteiger partial charge in [0, 0.05) is 22.3 Å². The van der Waals surface area contributed by atoms with E-state index in [1.54, 1.807) is 36.5 Å². The number of benzene rings is 2. The van der Waals surface area contributed by atoms with Crippen LogP contribution in [0.25, 0.3) is 22.4 Å². The predicted molar refractivity (Wildman–Crippen MR) is 112 cm³/mol. The number of nitrogens with two attached hydrogens (primary N) is 1. The molecule has 1 amide bonds. The maximum absolute atomic E-state index is 11.8. The molecule has 0 aliphatic carbocycles. The van der Waals surface area contributed by atoms with E-state index in [0.29, 0.717) is 27.4 Å². The first-order chi connectivity index (χ1) is 13.2. The molecule has 1 aromatic heterocycles. The van der Waals surface area contributed by atoms with Crippen molar-refractivity contribution in [2.75, 3.05) is 11.0 Å². The number of carbonyl (C=O) groups is 1. The van der Waals surface area contributed by atoms with Gasteiger partial charge in [-0.15, -0.1) is 0 Å². The van der Waals surface area contributed by atoms with Crippen molar-refractivity contribution in [3.8, 4) is 22.4 Å². The summed E-state index contributed by atoms with van der Waals surface area (Å²) in [7, 11) is -3.59. The fourth-order valence-corrected chi connectivity index (χ4v) is 3.88. The van der Waals surface area contributed by atoms with E-state index in [1.165, 1.54) is 12.1 Å². The molecule has 1 heterocycles. The van der Waals surface area contributed by atoms with Gasteiger partial charge in [-0.1, -0.05) is 35.3 Å². The molecular weight excluding hydrogens is 421 g/mol. The molecule has 0 saturated heterocycles. The minimum absolute atomic E-state index is 0.0374. The van der Waals surface area contributed by atoms with Crippen LogP contribution in [0.5, 0.6) is 0 Å². The van der Waals surface area contributed by atoms with Crippen molar-refractivity contribution in [1.29, 1.82) is 0 Å². The molecule has 6 nitrogen and oxygen atoms in total. The SMILES string of the molecule is CS(=O)(=O)Nc1ccc(C(N)=O)c(Cl)c1-c1ccc(Cl)c(-c2ccccn2)c1. The molecule has 2 aromatic carbocycles. The third kappa shape index (κ3) is 4.27. The van der Waals surface area contributed by atoms with Crippen LogP contribution in [0.1, 0.15) is 10.4 Å². The largest absolute Gasteiger partial charge is 0.366 e. The van der Waals surface area contributed by atoms with Crippen LogP contribution in [0.3, 0.4) is 0 Å². The maximum Gasteiger partial charge on any atom is 0.250 e. The highest BCUT2D eigenvalue weighted by Crippen LogP contribution is 2.40. The second-order valence-corrected chi connectivity index (χ2v) is 8.53. The van der Waals surface area contributed by atoms with Gasteiger partial charge in [0.25, 0.3) is 0 Å². The van der Waals surface area contributed by atoms with Gasteiger partial charge in [0.1, 0.15) is 0 Å². The van der Waals surface area contributed by atoms with Gasteiger partial charge in [-0.2, -0.15) is 0 Å². The second kappa shape index (κ2) is 7.79. The third-order valence-corrected chi connectivity index (χ3v) is 5.21. The number of rotatable bonds is 5. The normalized spacial score (nSPS) is 11.2. The van der Waals surface area contributed by atoms with Crippen LogP contribution < -0.4 is 10.5 Å². The lowest BCUT2D eigenvalue weighted by atomic mass is 9.97. The van der Waals surface area contributed by atoms with Gasteiger partial charge in [-0.05, 0) is 42.0 Å². The quantitative estimate of drug-likeness (QED) is 0.626. The fraction of sp³-hybridized carbons (Fsp3) is 0.0526. The van der Waals surface area contributed by atoms with E-state index < -0.39 is 15.9 Å². The number of halogens is 2. The Hall–Kier alpha value is -2.61. The van der Waals surface area contributed by atoms with E-state index in [1.807, 2.05) is 6.07 Å². The summed E-state index contributed by atoms with van der Waals surface area (Å²) in [5.74, 6) is -0.726. The second-order valence-electron chi connectivity index (χ2n) is 6.00. The van der Waals surface area contributed by atoms with E-state index in [4.69, 9.17) is 28.9 Å². The number of primary amides is 1. The molecule has 9 heteroatoms. The van der Waals surface area contributed by atoms with Gasteiger partial charge in [0.15, 0.2) is 0 Å². The first-order valence-electron chi connectivity index (χ1n) is 7.99. The number of anilines is 1. The molecule has 0 spiro atoms. The molecule has 144 valence electrons. The first kappa shape index (κ1) is 20.1. The zero-order chi connectivity index (χ0) is 20.5. The maximum atomic E-state index is 11.8. The molecule has 0 aliphatic heterocycles. The van der Waals surface area contributed by atoms with Crippen LogP contribution in [0, 0.1) is 0 Å². The number of hydrogen-bond acceptors (Lipinski definition) is 4. The third-order valence-electron chi connectivity index (χ3n) is 3.90. The molecular formula is C19H15Cl2N3O3S. The number of sulfonamides is 1. The number of nitrogens with zero attached hydrogens (tertiary/aromatic N) is 1. The van der Waals surface area contributed by atoms with Crippen molar-refractivity contribution in [3.63, 3.8) is 0 Å². The number of amides is 1. The summed E-state index contributed by atoms with van der Waals surface area (Å²) in [5, 5.41) is 0.498. The zero-order valence-corrected chi connectivity index (χ0v) is 16.9. The van der Waals surface area contributed by atoms with Gasteiger partial charge in [0.2, 0.25) is 15.9 Å². The van der Waals surface area contributed by atoms with Crippen LogP contribution in [0.4, 0.5) is 5.69 Å². The molecule has 28 heavy (non-hydrogen) atoms. The molecule has 3 rings (SSSR count). The van der Waals surface area contributed by atoms with Gasteiger partial charge < -0.3 is 5.73 Å². The van der Waals surface area contributed by atoms with Gasteiger partial charge in [-0.25, -0.2) is 8.42 Å². The smallest absolute Gasteiger partial charge is 0.250 e. The number of hydrogen-bond donors (Lipinski definition) is 2. The molecule has 3 N–H and O–H groups in total. The summed E-state index contributed by atoms with van der Waals surface area (Å²) < 4.78 is 26.0. The Kier molecular flexibility index (Phi) is 5.60. The molecule has 0 atom stereocenters. The Morgan fingerprint density at radius 2 is 1.86 bits per heavy atom. The van der Waals surface area contributed by atoms with Crippen molar-refractivity contribution in [2.24, 2.45) is 5.73 Å². The molecule has 0 fully saturated rings. The van der Waals surface area contributed by atoms with E-state index >= 15 is 0 Å². The highest BCUT2D eigenvalue weighted by Gasteiger charge is 2.19. The first-order valence-corrected chi connectivity index (χ1v) is 10.6. The summed E-state index contributed by atoms with van der Waals surface area (Å²) in [6.45, 7) is 0. The Labute approximate surface area is 172 Å². The standard InChI is InChI=1S/C19H15Cl2N3O3S/c1-28(26,27)24-16-8-6-12(19(22)25)18(21)17(16)11-5-7-14(20)13(10-11)15-4-2-3-9-23-15/h2-10,24H,1H3,(H2,22,25). The summed E-state index contributed by atoms with van der Waals surface area (Å²) in [6, 6.07) is 13.3. The highest BCUT2D eigenvalue weighted by atomic mass is 35.5. The highest BCUT2D eigenvalue weighted by molar-refractivity contribution is 7.92. The van der Waals surface area contributed by atoms with Crippen LogP contribution in [0.15, 0.2) is 54.7 Å². The van der Waals surface area contributed by atoms with Crippen LogP contribution >= 0.6 is 23.2 Å². The van der Waals surface area contributed by atoms with Crippen molar-refractivity contribution in [3.05, 3.63) is 70.3 Å². The van der Waals surface area contributed by atoms with Gasteiger partial charge >= 0.3 is 0 Å². The van der Waals surface area contributed by atoms with E-state index in [2.05, 4.69) is 9.71 Å². The number of pyridine rings is 1. The Balaban J connectivity index is 2.27. The minimum Gasteiger partial charge on any atom is -0.366 e. The minimum atomic E-state index is -3.59. The number of aromatic nitrogens is 1. The molecule has 0 radical (unpaired) electrons. The summed E-state index contributed by atoms with van der Waals surface area (Å²) in [4.78, 5) is 16.0. The fourth-order valence-electron chi connectivity index (χ4n) is 2.73. The topological polar surface area (TPSA) is 102 Å². The van der Waals surface area contributed by atoms with E-state index in [-0.39, 0.29) is 16.3 Å². The summed E-state index contributed by atoms with van der Waals surface area (Å²) in [6.07, 6.45) is 2.66. The van der Waals surface area contributed by atoms with Gasteiger partial charge in [-0.3, -0.25) is 14.5 Å². The van der Waals surface area contributed by atoms with Crippen LogP contribution in [-0.2, 0) is 10.0 Å². The molecule has 0 unspecified atom stereocenters. The molecule has 3 aromatic rings. The zero-order valence-electron chi connectivity index (χ0n) is 14.6. The summed E-state index contributed by atoms with van der Waals surface area (Å²) in [5.41, 5.74) is 7.81. The van der Waals surface area contributed by atoms with Crippen molar-refractivity contribution in [2.45, 2.75) is 0 Å². The van der Waals surface area contributed by atoms with Crippen LogP contribution in [-0.4, -0.2) is 25.6 Å². The van der Waals surface area contributed by atoms with Crippen molar-refractivity contribution >= 4 is 44.8 Å². The van der Waals surface area contributed by atoms with Crippen LogP contribution in [0.2, 0.25) is 10.0 Å². The lowest BCUT2D eigenvalue weighted by Gasteiger charge is -2.16. The molecule has 0 saturated carbocycles. The van der Waals surface area contributed by atoms with Crippen molar-refractivity contribution in [1.82, 2.24) is 4.98 Å². The number of carbonyl (C=O) groups excluding carboxylic acids is 1. The lowest BCUT2D eigenvalue weighted by molar-refractivity contribution is 0.100. The monoisotopic (exact) mass is 435 g/mol. The lowest BCUT2D eigenvalue weighted by Crippen LogP contribution is -2.14. The Morgan fingerprint density at radius 3 is 2.46 bits per heavy atom.